The summed E-state index contributed by atoms with van der Waals surface area (Å²) in [6, 6.07) is 37.2. The van der Waals surface area contributed by atoms with E-state index in [0.717, 1.165) is 101 Å². The molecule has 95 heavy (non-hydrogen) atoms. The summed E-state index contributed by atoms with van der Waals surface area (Å²) >= 11 is 37.5. The van der Waals surface area contributed by atoms with Crippen LogP contribution < -0.4 is 40.1 Å². The first-order valence-electron chi connectivity index (χ1n) is 30.1. The number of esters is 2. The first-order chi connectivity index (χ1) is 44.4. The number of fused-ring (bicyclic) bond motifs is 3. The molecule has 0 bridgehead atoms. The third-order valence-electron chi connectivity index (χ3n) is 18.2. The van der Waals surface area contributed by atoms with E-state index >= 15 is 0 Å². The Hall–Kier alpha value is -7.06. The van der Waals surface area contributed by atoms with Crippen LogP contribution in [-0.4, -0.2) is 136 Å². The maximum Gasteiger partial charge on any atom is 1.00 e. The van der Waals surface area contributed by atoms with E-state index in [4.69, 9.17) is 79.1 Å². The van der Waals surface area contributed by atoms with E-state index in [-0.39, 0.29) is 53.6 Å². The fourth-order valence-electron chi connectivity index (χ4n) is 12.8. The number of likely N-dealkylation sites (N-methyl/N-ethyl adjacent to an activating group) is 2. The van der Waals surface area contributed by atoms with Crippen LogP contribution in [0.1, 0.15) is 112 Å². The largest absolute Gasteiger partial charge is 1.00 e. The van der Waals surface area contributed by atoms with Crippen molar-refractivity contribution in [2.24, 2.45) is 21.1 Å². The Morgan fingerprint density at radius 3 is 1.08 bits per heavy atom. The number of hydrogen-bond donors (Lipinski definition) is 5. The molecular formula is C69H70Cl6LiN9O10. The van der Waals surface area contributed by atoms with Gasteiger partial charge in [0.2, 0.25) is 0 Å². The molecule has 3 aliphatic heterocycles. The standard InChI is InChI=1S/C24H25Cl2N3O3.C23H23Cl2N3O3.C22H21Cl2N3O3.Li.H2O/c1-4-29-12-11-24(14-29,16-7-5-15(6-8-16)23(31)32-3)27-22(30)20-13-17-19(28(20)2)10-9-18(25)21(17)26;1-3-28-11-10-23(13-28,15-6-4-14(5-7-15)22(30)31)26-21(29)19-12-16-18(27(19)2)9-8-17(24)20(16)25;1-27-17-8-7-16(23)19(24)15(17)11-18(27)20(28)26-22(9-10-25-12-22)14-5-3-13(4-6-14)21(29)30-2;;/h5-10,13H,4,11-12,14H2,1-3H3,(H,27,30);4-9,12H,3,10-11,13H2,1-2H3,(H,26,29)(H,30,31);3-8,11,25H,9-10,12H2,1-2H3,(H,26,28);;1H2/q;;;+1;/p-1. The molecule has 3 saturated heterocycles. The van der Waals surface area contributed by atoms with Crippen molar-refractivity contribution in [1.29, 1.82) is 0 Å². The second-order valence-corrected chi connectivity index (χ2v) is 25.8. The number of carbonyl (C=O) groups is 6. The second kappa shape index (κ2) is 30.6. The van der Waals surface area contributed by atoms with Crippen LogP contribution in [0.3, 0.4) is 0 Å². The van der Waals surface area contributed by atoms with Crippen molar-refractivity contribution >= 4 is 138 Å². The Balaban J connectivity index is 0.000000181. The van der Waals surface area contributed by atoms with Crippen molar-refractivity contribution in [2.45, 2.75) is 49.7 Å². The van der Waals surface area contributed by atoms with E-state index < -0.39 is 28.6 Å². The number of nitrogens with zero attached hydrogens (tertiary/aromatic N) is 5. The zero-order valence-corrected chi connectivity index (χ0v) is 58.1. The van der Waals surface area contributed by atoms with Gasteiger partial charge in [-0.05, 0) is 147 Å². The molecule has 0 aliphatic carbocycles. The third-order valence-corrected chi connectivity index (χ3v) is 20.7. The predicted molar refractivity (Wildman–Crippen MR) is 368 cm³/mol. The first kappa shape index (κ1) is 73.7. The number of aromatic nitrogens is 3. The zero-order chi connectivity index (χ0) is 66.8. The van der Waals surface area contributed by atoms with Gasteiger partial charge in [-0.2, -0.15) is 0 Å². The van der Waals surface area contributed by atoms with E-state index in [1.54, 1.807) is 89.5 Å². The Kier molecular flexibility index (Phi) is 23.7. The van der Waals surface area contributed by atoms with Gasteiger partial charge in [-0.3, -0.25) is 14.4 Å². The van der Waals surface area contributed by atoms with Crippen LogP contribution in [-0.2, 0) is 47.2 Å². The van der Waals surface area contributed by atoms with Crippen LogP contribution in [0.2, 0.25) is 30.1 Å². The van der Waals surface area contributed by atoms with Crippen LogP contribution in [0.15, 0.2) is 127 Å². The molecule has 0 radical (unpaired) electrons. The van der Waals surface area contributed by atoms with Crippen molar-refractivity contribution in [3.05, 3.63) is 208 Å². The van der Waals surface area contributed by atoms with Gasteiger partial charge in [-0.15, -0.1) is 0 Å². The molecule has 12 rings (SSSR count). The Bertz CT molecular complexity index is 4390. The molecule has 3 aromatic heterocycles. The Labute approximate surface area is 591 Å². The Morgan fingerprint density at radius 2 is 0.800 bits per heavy atom. The van der Waals surface area contributed by atoms with Crippen LogP contribution in [0.25, 0.3) is 32.7 Å². The van der Waals surface area contributed by atoms with Crippen molar-refractivity contribution in [2.75, 3.05) is 66.6 Å². The molecule has 3 unspecified atom stereocenters. The smallest absolute Gasteiger partial charge is 0.870 e. The van der Waals surface area contributed by atoms with Gasteiger partial charge in [0.15, 0.2) is 0 Å². The minimum atomic E-state index is -0.975. The maximum atomic E-state index is 13.5. The van der Waals surface area contributed by atoms with Crippen LogP contribution in [0.4, 0.5) is 0 Å². The maximum absolute atomic E-state index is 13.5. The molecule has 19 nitrogen and oxygen atoms in total. The number of rotatable bonds is 14. The van der Waals surface area contributed by atoms with Crippen molar-refractivity contribution < 1.29 is 67.7 Å². The van der Waals surface area contributed by atoms with Gasteiger partial charge in [0.05, 0.1) is 77.7 Å². The normalized spacial score (nSPS) is 18.4. The number of carboxylic acid groups (broad SMARTS) is 1. The van der Waals surface area contributed by atoms with Crippen LogP contribution in [0, 0.1) is 0 Å². The van der Waals surface area contributed by atoms with E-state index in [1.165, 1.54) is 14.2 Å². The average molecular weight is 1410 g/mol. The molecule has 6 N–H and O–H groups in total. The molecule has 9 aromatic rings. The summed E-state index contributed by atoms with van der Waals surface area (Å²) < 4.78 is 15.0. The summed E-state index contributed by atoms with van der Waals surface area (Å²) in [4.78, 5) is 79.6. The molecule has 0 saturated carbocycles. The van der Waals surface area contributed by atoms with Gasteiger partial charge < -0.3 is 64.8 Å². The molecule has 6 heterocycles. The van der Waals surface area contributed by atoms with Crippen molar-refractivity contribution in [3.63, 3.8) is 0 Å². The summed E-state index contributed by atoms with van der Waals surface area (Å²) in [6.45, 7) is 10.4. The van der Waals surface area contributed by atoms with E-state index in [0.29, 0.717) is 78.0 Å². The topological polar surface area (TPSA) is 240 Å². The minimum Gasteiger partial charge on any atom is -0.870 e. The number of methoxy groups -OCH3 is 2. The molecule has 494 valence electrons. The van der Waals surface area contributed by atoms with Crippen LogP contribution in [0.5, 0.6) is 0 Å². The van der Waals surface area contributed by atoms with Gasteiger partial charge in [0.1, 0.15) is 17.1 Å². The molecule has 3 amide bonds. The number of aromatic carboxylic acids is 1. The fraction of sp³-hybridized carbons (Fsp3) is 0.304. The fourth-order valence-corrected chi connectivity index (χ4v) is 14.0. The summed E-state index contributed by atoms with van der Waals surface area (Å²) in [5.74, 6) is -2.37. The summed E-state index contributed by atoms with van der Waals surface area (Å²) in [5, 5.41) is 27.1. The Morgan fingerprint density at radius 1 is 0.484 bits per heavy atom. The molecule has 26 heteroatoms. The summed E-state index contributed by atoms with van der Waals surface area (Å²) in [6.07, 6.45) is 2.23. The van der Waals surface area contributed by atoms with E-state index in [2.05, 4.69) is 44.9 Å². The van der Waals surface area contributed by atoms with Crippen molar-refractivity contribution in [1.82, 2.24) is 44.8 Å². The SMILES string of the molecule is CCN1CCC(NC(=O)c2cc3c(Cl)c(Cl)ccc3n2C)(c2ccc(C(=O)O)cc2)C1.CCN1CCC(NC(=O)c2cc3c(Cl)c(Cl)ccc3n2C)(c2ccc(C(=O)OC)cc2)C1.COC(=O)c1ccc(C2(NC(=O)c3cc4c(Cl)c(Cl)ccc4n3C)CCNC2)cc1.[Li+].[OH-]. The molecule has 0 spiro atoms. The van der Waals surface area contributed by atoms with Gasteiger partial charge in [0, 0.05) is 86.6 Å². The predicted octanol–water partition coefficient (Wildman–Crippen LogP) is 9.87. The van der Waals surface area contributed by atoms with Gasteiger partial charge >= 0.3 is 36.8 Å². The number of amides is 3. The average Bonchev–Trinajstić information content (AvgIpc) is 1.66. The number of halogens is 6. The second-order valence-electron chi connectivity index (χ2n) is 23.4. The quantitative estimate of drug-likeness (QED) is 0.0504. The summed E-state index contributed by atoms with van der Waals surface area (Å²) in [7, 11) is 8.20. The van der Waals surface area contributed by atoms with Gasteiger partial charge in [-0.25, -0.2) is 14.4 Å². The van der Waals surface area contributed by atoms with E-state index in [1.807, 2.05) is 72.7 Å². The molecule has 6 aromatic carbocycles. The number of aryl methyl sites for hydroxylation is 3. The van der Waals surface area contributed by atoms with Crippen molar-refractivity contribution in [3.8, 4) is 0 Å². The molecular weight excluding hydrogens is 1330 g/mol. The number of carbonyl (C=O) groups excluding carboxylic acids is 5. The number of benzene rings is 6. The summed E-state index contributed by atoms with van der Waals surface area (Å²) in [5.41, 5.74) is 6.13. The number of hydrogen-bond acceptors (Lipinski definition) is 12. The van der Waals surface area contributed by atoms with Gasteiger partial charge in [0.25, 0.3) is 17.7 Å². The van der Waals surface area contributed by atoms with E-state index in [9.17, 15) is 33.9 Å². The molecule has 3 fully saturated rings. The monoisotopic (exact) mass is 1400 g/mol. The van der Waals surface area contributed by atoms with Crippen LogP contribution >= 0.6 is 69.6 Å². The number of ether oxygens (including phenoxy) is 2. The first-order valence-corrected chi connectivity index (χ1v) is 32.3. The third kappa shape index (κ3) is 14.8. The van der Waals surface area contributed by atoms with Gasteiger partial charge in [-0.1, -0.05) is 120 Å². The zero-order valence-electron chi connectivity index (χ0n) is 53.6. The number of carboxylic acids is 1. The number of nitrogens with one attached hydrogen (secondary N) is 4. The molecule has 3 atom stereocenters. The minimum absolute atomic E-state index is 0. The number of likely N-dealkylation sites (tertiary alicyclic amines) is 2. The molecule has 3 aliphatic rings.